The molecule has 0 atom stereocenters. The Labute approximate surface area is 133 Å². The first kappa shape index (κ1) is 15.1. The fourth-order valence-corrected chi connectivity index (χ4v) is 2.44. The summed E-state index contributed by atoms with van der Waals surface area (Å²) >= 11 is 0. The Kier molecular flexibility index (Phi) is 4.28. The van der Waals surface area contributed by atoms with Gasteiger partial charge in [0.2, 0.25) is 5.88 Å². The second kappa shape index (κ2) is 6.52. The second-order valence-electron chi connectivity index (χ2n) is 5.22. The number of fused-ring (bicyclic) bond motifs is 1. The highest BCUT2D eigenvalue weighted by atomic mass is 16.5. The van der Waals surface area contributed by atoms with E-state index in [0.29, 0.717) is 18.0 Å². The molecule has 3 rings (SSSR count). The van der Waals surface area contributed by atoms with Crippen molar-refractivity contribution in [2.24, 2.45) is 0 Å². The van der Waals surface area contributed by atoms with Gasteiger partial charge in [0.15, 0.2) is 0 Å². The van der Waals surface area contributed by atoms with Gasteiger partial charge in [-0.05, 0) is 29.7 Å². The SMILES string of the molecule is CCc1ccc2c(CNc3ccc(OC)nc3)cc(=O)oc2c1. The van der Waals surface area contributed by atoms with Crippen LogP contribution in [0.15, 0.2) is 51.8 Å². The summed E-state index contributed by atoms with van der Waals surface area (Å²) in [6.45, 7) is 2.59. The highest BCUT2D eigenvalue weighted by Gasteiger charge is 2.06. The van der Waals surface area contributed by atoms with Gasteiger partial charge in [-0.3, -0.25) is 0 Å². The molecule has 0 amide bonds. The van der Waals surface area contributed by atoms with Crippen molar-refractivity contribution in [1.82, 2.24) is 4.98 Å². The number of nitrogens with one attached hydrogen (secondary N) is 1. The van der Waals surface area contributed by atoms with Crippen LogP contribution in [-0.2, 0) is 13.0 Å². The van der Waals surface area contributed by atoms with Crippen molar-refractivity contribution >= 4 is 16.7 Å². The molecule has 5 heteroatoms. The van der Waals surface area contributed by atoms with E-state index < -0.39 is 0 Å². The maximum absolute atomic E-state index is 11.8. The van der Waals surface area contributed by atoms with E-state index in [4.69, 9.17) is 9.15 Å². The lowest BCUT2D eigenvalue weighted by Crippen LogP contribution is -2.06. The van der Waals surface area contributed by atoms with E-state index in [-0.39, 0.29) is 5.63 Å². The average molecular weight is 310 g/mol. The molecule has 0 aliphatic rings. The first-order chi connectivity index (χ1) is 11.2. The van der Waals surface area contributed by atoms with Crippen molar-refractivity contribution < 1.29 is 9.15 Å². The number of hydrogen-bond acceptors (Lipinski definition) is 5. The molecule has 0 fully saturated rings. The molecule has 0 aliphatic carbocycles. The van der Waals surface area contributed by atoms with E-state index in [1.54, 1.807) is 19.4 Å². The number of rotatable bonds is 5. The summed E-state index contributed by atoms with van der Waals surface area (Å²) in [6.07, 6.45) is 2.60. The molecule has 0 radical (unpaired) electrons. The van der Waals surface area contributed by atoms with Gasteiger partial charge < -0.3 is 14.5 Å². The molecule has 0 bridgehead atoms. The molecular weight excluding hydrogens is 292 g/mol. The first-order valence-electron chi connectivity index (χ1n) is 7.49. The van der Waals surface area contributed by atoms with Crippen LogP contribution in [0.4, 0.5) is 5.69 Å². The summed E-state index contributed by atoms with van der Waals surface area (Å²) in [7, 11) is 1.58. The number of nitrogens with zero attached hydrogens (tertiary/aromatic N) is 1. The number of aromatic nitrogens is 1. The molecule has 118 valence electrons. The summed E-state index contributed by atoms with van der Waals surface area (Å²) in [5, 5.41) is 4.20. The zero-order valence-corrected chi connectivity index (χ0v) is 13.1. The van der Waals surface area contributed by atoms with Crippen molar-refractivity contribution in [1.29, 1.82) is 0 Å². The van der Waals surface area contributed by atoms with Crippen LogP contribution in [-0.4, -0.2) is 12.1 Å². The van der Waals surface area contributed by atoms with Crippen molar-refractivity contribution in [3.8, 4) is 5.88 Å². The third-order valence-corrected chi connectivity index (χ3v) is 3.73. The van der Waals surface area contributed by atoms with Crippen LogP contribution in [0, 0.1) is 0 Å². The molecule has 0 saturated carbocycles. The van der Waals surface area contributed by atoms with Crippen LogP contribution in [0.1, 0.15) is 18.1 Å². The zero-order chi connectivity index (χ0) is 16.2. The van der Waals surface area contributed by atoms with Crippen LogP contribution in [0.2, 0.25) is 0 Å². The van der Waals surface area contributed by atoms with Gasteiger partial charge in [-0.2, -0.15) is 0 Å². The molecule has 0 spiro atoms. The molecule has 0 unspecified atom stereocenters. The molecule has 1 N–H and O–H groups in total. The van der Waals surface area contributed by atoms with E-state index in [1.165, 1.54) is 6.07 Å². The lowest BCUT2D eigenvalue weighted by molar-refractivity contribution is 0.398. The summed E-state index contributed by atoms with van der Waals surface area (Å²) in [5.41, 5.74) is 3.19. The molecule has 0 aliphatic heterocycles. The van der Waals surface area contributed by atoms with Gasteiger partial charge in [0, 0.05) is 24.1 Å². The number of pyridine rings is 1. The van der Waals surface area contributed by atoms with E-state index in [0.717, 1.165) is 28.6 Å². The molecule has 5 nitrogen and oxygen atoms in total. The maximum Gasteiger partial charge on any atom is 0.336 e. The smallest absolute Gasteiger partial charge is 0.336 e. The van der Waals surface area contributed by atoms with Crippen LogP contribution in [0.5, 0.6) is 5.88 Å². The highest BCUT2D eigenvalue weighted by molar-refractivity contribution is 5.81. The minimum absolute atomic E-state index is 0.338. The molecule has 3 aromatic rings. The maximum atomic E-state index is 11.8. The Bertz CT molecular complexity index is 870. The molecule has 2 heterocycles. The van der Waals surface area contributed by atoms with Crippen molar-refractivity contribution in [2.75, 3.05) is 12.4 Å². The topological polar surface area (TPSA) is 64.4 Å². The van der Waals surface area contributed by atoms with Gasteiger partial charge in [0.05, 0.1) is 19.0 Å². The minimum atomic E-state index is -0.338. The molecule has 1 aromatic carbocycles. The quantitative estimate of drug-likeness (QED) is 0.732. The van der Waals surface area contributed by atoms with Gasteiger partial charge in [-0.15, -0.1) is 0 Å². The summed E-state index contributed by atoms with van der Waals surface area (Å²) in [4.78, 5) is 15.9. The zero-order valence-electron chi connectivity index (χ0n) is 13.1. The predicted molar refractivity (Wildman–Crippen MR) is 90.0 cm³/mol. The Morgan fingerprint density at radius 3 is 2.78 bits per heavy atom. The van der Waals surface area contributed by atoms with Crippen LogP contribution >= 0.6 is 0 Å². The number of hydrogen-bond donors (Lipinski definition) is 1. The number of benzene rings is 1. The predicted octanol–water partition coefficient (Wildman–Crippen LogP) is 3.37. The summed E-state index contributed by atoms with van der Waals surface area (Å²) < 4.78 is 10.3. The van der Waals surface area contributed by atoms with Gasteiger partial charge in [-0.25, -0.2) is 9.78 Å². The average Bonchev–Trinajstić information content (AvgIpc) is 2.59. The largest absolute Gasteiger partial charge is 0.481 e. The Morgan fingerprint density at radius 1 is 1.22 bits per heavy atom. The summed E-state index contributed by atoms with van der Waals surface area (Å²) in [5.74, 6) is 0.563. The number of ether oxygens (including phenoxy) is 1. The Hall–Kier alpha value is -2.82. The third-order valence-electron chi connectivity index (χ3n) is 3.73. The Morgan fingerprint density at radius 2 is 2.09 bits per heavy atom. The first-order valence-corrected chi connectivity index (χ1v) is 7.49. The fourth-order valence-electron chi connectivity index (χ4n) is 2.44. The minimum Gasteiger partial charge on any atom is -0.481 e. The van der Waals surface area contributed by atoms with Crippen molar-refractivity contribution in [2.45, 2.75) is 19.9 Å². The van der Waals surface area contributed by atoms with Crippen LogP contribution in [0.25, 0.3) is 11.0 Å². The van der Waals surface area contributed by atoms with E-state index in [1.807, 2.05) is 18.2 Å². The standard InChI is InChI=1S/C18H18N2O3/c1-3-12-4-6-15-13(9-18(21)23-16(15)8-12)10-19-14-5-7-17(22-2)20-11-14/h4-9,11,19H,3,10H2,1-2H3. The Balaban J connectivity index is 1.88. The van der Waals surface area contributed by atoms with Crippen molar-refractivity contribution in [3.05, 3.63) is 64.1 Å². The second-order valence-corrected chi connectivity index (χ2v) is 5.22. The molecule has 2 aromatic heterocycles. The molecule has 0 saturated heterocycles. The molecule has 23 heavy (non-hydrogen) atoms. The highest BCUT2D eigenvalue weighted by Crippen LogP contribution is 2.20. The third kappa shape index (κ3) is 3.34. The van der Waals surface area contributed by atoms with Crippen LogP contribution < -0.4 is 15.7 Å². The summed E-state index contributed by atoms with van der Waals surface area (Å²) in [6, 6.07) is 11.2. The van der Waals surface area contributed by atoms with E-state index in [9.17, 15) is 4.79 Å². The van der Waals surface area contributed by atoms with Crippen molar-refractivity contribution in [3.63, 3.8) is 0 Å². The molecular formula is C18H18N2O3. The lowest BCUT2D eigenvalue weighted by atomic mass is 10.1. The fraction of sp³-hybridized carbons (Fsp3) is 0.222. The number of aryl methyl sites for hydroxylation is 1. The van der Waals surface area contributed by atoms with E-state index in [2.05, 4.69) is 23.3 Å². The number of methoxy groups -OCH3 is 1. The van der Waals surface area contributed by atoms with E-state index >= 15 is 0 Å². The lowest BCUT2D eigenvalue weighted by Gasteiger charge is -2.09. The van der Waals surface area contributed by atoms with Gasteiger partial charge in [0.1, 0.15) is 5.58 Å². The monoisotopic (exact) mass is 310 g/mol. The van der Waals surface area contributed by atoms with Gasteiger partial charge >= 0.3 is 5.63 Å². The number of anilines is 1. The normalized spacial score (nSPS) is 10.7. The van der Waals surface area contributed by atoms with Gasteiger partial charge in [-0.1, -0.05) is 19.1 Å². The van der Waals surface area contributed by atoms with Crippen LogP contribution in [0.3, 0.4) is 0 Å². The van der Waals surface area contributed by atoms with Gasteiger partial charge in [0.25, 0.3) is 0 Å².